The Bertz CT molecular complexity index is 957. The number of carbonyl (C=O) groups excluding carboxylic acids is 2. The first-order valence-corrected chi connectivity index (χ1v) is 14.7. The highest BCUT2D eigenvalue weighted by molar-refractivity contribution is 7.99. The maximum absolute atomic E-state index is 12.8. The molecule has 1 unspecified atom stereocenters. The maximum Gasteiger partial charge on any atom is 0.409 e. The molecule has 3 rings (SSSR count). The molecule has 0 bridgehead atoms. The molecule has 1 saturated carbocycles. The van der Waals surface area contributed by atoms with Crippen molar-refractivity contribution in [3.8, 4) is 0 Å². The Kier molecular flexibility index (Phi) is 11.9. The molecule has 1 aromatic carbocycles. The highest BCUT2D eigenvalue weighted by Gasteiger charge is 2.22. The summed E-state index contributed by atoms with van der Waals surface area (Å²) in [4.78, 5) is 32.0. The Labute approximate surface area is 220 Å². The van der Waals surface area contributed by atoms with Crippen molar-refractivity contribution >= 4 is 34.9 Å². The third-order valence-electron chi connectivity index (χ3n) is 6.80. The molecule has 0 aliphatic heterocycles. The van der Waals surface area contributed by atoms with E-state index in [0.717, 1.165) is 54.2 Å². The van der Waals surface area contributed by atoms with Crippen molar-refractivity contribution in [2.75, 3.05) is 25.4 Å². The fraction of sp³-hybridized carbons (Fsp3) is 0.679. The van der Waals surface area contributed by atoms with E-state index in [0.29, 0.717) is 19.1 Å². The van der Waals surface area contributed by atoms with Crippen LogP contribution >= 0.6 is 11.8 Å². The first kappa shape index (κ1) is 28.4. The van der Waals surface area contributed by atoms with Crippen molar-refractivity contribution in [1.29, 1.82) is 0 Å². The molecular formula is C28H43N3O4S. The van der Waals surface area contributed by atoms with Gasteiger partial charge in [-0.2, -0.15) is 0 Å². The lowest BCUT2D eigenvalue weighted by Gasteiger charge is -2.29. The molecular weight excluding hydrogens is 474 g/mol. The van der Waals surface area contributed by atoms with Gasteiger partial charge in [0, 0.05) is 18.8 Å². The number of para-hydroxylation sites is 2. The van der Waals surface area contributed by atoms with Crippen LogP contribution in [-0.4, -0.2) is 58.1 Å². The highest BCUT2D eigenvalue weighted by Crippen LogP contribution is 2.27. The summed E-state index contributed by atoms with van der Waals surface area (Å²) in [5, 5.41) is 0.807. The number of hydrogen-bond donors (Lipinski definition) is 0. The second-order valence-corrected chi connectivity index (χ2v) is 10.9. The average molecular weight is 518 g/mol. The van der Waals surface area contributed by atoms with Gasteiger partial charge in [-0.25, -0.2) is 9.78 Å². The van der Waals surface area contributed by atoms with Crippen LogP contribution in [-0.2, 0) is 20.8 Å². The Hall–Kier alpha value is -2.22. The molecule has 1 fully saturated rings. The molecule has 0 N–H and O–H groups in total. The first-order valence-electron chi connectivity index (χ1n) is 13.7. The number of thioether (sulfide) groups is 1. The quantitative estimate of drug-likeness (QED) is 0.158. The molecule has 1 aliphatic carbocycles. The summed E-state index contributed by atoms with van der Waals surface area (Å²) in [7, 11) is 0. The van der Waals surface area contributed by atoms with Crippen molar-refractivity contribution in [2.24, 2.45) is 5.92 Å². The van der Waals surface area contributed by atoms with Gasteiger partial charge in [-0.3, -0.25) is 4.79 Å². The number of carbonyl (C=O) groups is 2. The molecule has 1 amide bonds. The monoisotopic (exact) mass is 517 g/mol. The summed E-state index contributed by atoms with van der Waals surface area (Å²) >= 11 is 1.63. The first-order chi connectivity index (χ1) is 17.5. The maximum atomic E-state index is 12.8. The van der Waals surface area contributed by atoms with Gasteiger partial charge in [0.15, 0.2) is 5.16 Å². The Morgan fingerprint density at radius 2 is 1.94 bits per heavy atom. The molecule has 2 aromatic rings. The van der Waals surface area contributed by atoms with E-state index in [1.54, 1.807) is 11.8 Å². The summed E-state index contributed by atoms with van der Waals surface area (Å²) in [6.45, 7) is 8.10. The Balaban J connectivity index is 1.60. The summed E-state index contributed by atoms with van der Waals surface area (Å²) in [5.74, 6) is 1.13. The van der Waals surface area contributed by atoms with Gasteiger partial charge in [0.25, 0.3) is 0 Å². The third kappa shape index (κ3) is 8.71. The number of rotatable bonds is 14. The fourth-order valence-electron chi connectivity index (χ4n) is 4.54. The zero-order valence-corrected chi connectivity index (χ0v) is 23.1. The molecule has 200 valence electrons. The third-order valence-corrected chi connectivity index (χ3v) is 7.87. The largest absolute Gasteiger partial charge is 0.461 e. The highest BCUT2D eigenvalue weighted by atomic mass is 32.2. The van der Waals surface area contributed by atoms with Crippen LogP contribution in [0.1, 0.15) is 78.6 Å². The summed E-state index contributed by atoms with van der Waals surface area (Å²) < 4.78 is 13.0. The van der Waals surface area contributed by atoms with Gasteiger partial charge < -0.3 is 18.9 Å². The van der Waals surface area contributed by atoms with Crippen LogP contribution in [0, 0.1) is 5.92 Å². The topological polar surface area (TPSA) is 73.7 Å². The zero-order valence-electron chi connectivity index (χ0n) is 22.2. The zero-order chi connectivity index (χ0) is 25.8. The molecule has 0 radical (unpaired) electrons. The van der Waals surface area contributed by atoms with Crippen molar-refractivity contribution in [1.82, 2.24) is 14.5 Å². The number of unbranched alkanes of at least 4 members (excludes halogenated alkanes) is 1. The molecule has 36 heavy (non-hydrogen) atoms. The van der Waals surface area contributed by atoms with Crippen molar-refractivity contribution in [3.05, 3.63) is 24.3 Å². The van der Waals surface area contributed by atoms with Crippen molar-refractivity contribution in [3.63, 3.8) is 0 Å². The average Bonchev–Trinajstić information content (AvgIpc) is 3.23. The van der Waals surface area contributed by atoms with E-state index < -0.39 is 0 Å². The molecule has 0 spiro atoms. The number of nitrogens with zero attached hydrogens (tertiary/aromatic N) is 3. The van der Waals surface area contributed by atoms with Crippen molar-refractivity contribution in [2.45, 2.75) is 96.4 Å². The van der Waals surface area contributed by atoms with E-state index >= 15 is 0 Å². The fourth-order valence-corrected chi connectivity index (χ4v) is 5.48. The van der Waals surface area contributed by atoms with Crippen LogP contribution in [0.25, 0.3) is 11.0 Å². The number of imidazole rings is 1. The summed E-state index contributed by atoms with van der Waals surface area (Å²) in [6, 6.07) is 7.87. The minimum atomic E-state index is -0.247. The smallest absolute Gasteiger partial charge is 0.409 e. The lowest BCUT2D eigenvalue weighted by Crippen LogP contribution is -2.37. The van der Waals surface area contributed by atoms with Crippen LogP contribution in [0.4, 0.5) is 4.79 Å². The van der Waals surface area contributed by atoms with Gasteiger partial charge in [-0.1, -0.05) is 63.4 Å². The van der Waals surface area contributed by atoms with Crippen LogP contribution in [0.3, 0.4) is 0 Å². The predicted molar refractivity (Wildman–Crippen MR) is 145 cm³/mol. The number of amides is 1. The van der Waals surface area contributed by atoms with Gasteiger partial charge in [0.1, 0.15) is 6.54 Å². The minimum Gasteiger partial charge on any atom is -0.461 e. The molecule has 1 heterocycles. The Morgan fingerprint density at radius 1 is 1.17 bits per heavy atom. The number of benzene rings is 1. The SMILES string of the molecule is CCCCOC(=O)N(CCCSc1nc2ccccc2n1CC(=O)OC(C)CC)CC1CCCCC1. The van der Waals surface area contributed by atoms with Gasteiger partial charge in [-0.05, 0) is 57.1 Å². The van der Waals surface area contributed by atoms with Gasteiger partial charge in [-0.15, -0.1) is 0 Å². The van der Waals surface area contributed by atoms with E-state index in [-0.39, 0.29) is 24.7 Å². The van der Waals surface area contributed by atoms with E-state index in [1.165, 1.54) is 32.1 Å². The van der Waals surface area contributed by atoms with Crippen LogP contribution in [0.5, 0.6) is 0 Å². The number of hydrogen-bond acceptors (Lipinski definition) is 6. The second-order valence-electron chi connectivity index (χ2n) is 9.80. The van der Waals surface area contributed by atoms with E-state index in [1.807, 2.05) is 47.6 Å². The Morgan fingerprint density at radius 3 is 2.69 bits per heavy atom. The second kappa shape index (κ2) is 15.1. The number of esters is 1. The molecule has 1 aromatic heterocycles. The minimum absolute atomic E-state index is 0.101. The van der Waals surface area contributed by atoms with Gasteiger partial charge in [0.2, 0.25) is 0 Å². The van der Waals surface area contributed by atoms with Crippen LogP contribution in [0.2, 0.25) is 0 Å². The standard InChI is InChI=1S/C28H43N3O4S/c1-4-6-18-34-28(33)30(20-23-13-8-7-9-14-23)17-12-19-36-27-29-24-15-10-11-16-25(24)31(27)21-26(32)35-22(3)5-2/h10-11,15-16,22-23H,4-9,12-14,17-21H2,1-3H3. The normalized spacial score (nSPS) is 15.1. The molecule has 1 atom stereocenters. The molecule has 0 saturated heterocycles. The number of ether oxygens (including phenoxy) is 2. The summed E-state index contributed by atoms with van der Waals surface area (Å²) in [6.07, 6.45) is 9.47. The predicted octanol–water partition coefficient (Wildman–Crippen LogP) is 6.68. The van der Waals surface area contributed by atoms with Gasteiger partial charge >= 0.3 is 12.1 Å². The lowest BCUT2D eigenvalue weighted by molar-refractivity contribution is -0.149. The molecule has 8 heteroatoms. The van der Waals surface area contributed by atoms with E-state index in [4.69, 9.17) is 14.5 Å². The van der Waals surface area contributed by atoms with Crippen LogP contribution < -0.4 is 0 Å². The van der Waals surface area contributed by atoms with Crippen molar-refractivity contribution < 1.29 is 19.1 Å². The lowest BCUT2D eigenvalue weighted by atomic mass is 9.89. The molecule has 1 aliphatic rings. The number of aromatic nitrogens is 2. The number of fused-ring (bicyclic) bond motifs is 1. The van der Waals surface area contributed by atoms with E-state index in [2.05, 4.69) is 6.92 Å². The van der Waals surface area contributed by atoms with Gasteiger partial charge in [0.05, 0.1) is 23.7 Å². The summed E-state index contributed by atoms with van der Waals surface area (Å²) in [5.41, 5.74) is 1.80. The van der Waals surface area contributed by atoms with E-state index in [9.17, 15) is 9.59 Å². The molecule has 7 nitrogen and oxygen atoms in total. The van der Waals surface area contributed by atoms with Crippen LogP contribution in [0.15, 0.2) is 29.4 Å².